The summed E-state index contributed by atoms with van der Waals surface area (Å²) in [7, 11) is 1.78. The van der Waals surface area contributed by atoms with E-state index in [1.165, 1.54) is 16.4 Å². The molecule has 0 bridgehead atoms. The zero-order valence-electron chi connectivity index (χ0n) is 18.3. The van der Waals surface area contributed by atoms with Gasteiger partial charge in [0.15, 0.2) is 0 Å². The number of nitriles is 1. The van der Waals surface area contributed by atoms with Crippen molar-refractivity contribution < 1.29 is 4.79 Å². The number of rotatable bonds is 6. The highest BCUT2D eigenvalue weighted by Gasteiger charge is 2.18. The number of para-hydroxylation sites is 1. The van der Waals surface area contributed by atoms with Crippen LogP contribution < -0.4 is 10.9 Å². The third kappa shape index (κ3) is 4.42. The number of anilines is 1. The molecule has 8 heteroatoms. The molecule has 0 fully saturated rings. The van der Waals surface area contributed by atoms with Crippen LogP contribution in [0.3, 0.4) is 0 Å². The first-order valence-electron chi connectivity index (χ1n) is 9.90. The standard InChI is InChI=1S/C23H25N5O2S/c1-14-15(2)19(13-24)22(25-16(14)3)31-12-11-20(29)26-21-17(4)27(5)28(23(21)30)18-9-7-6-8-10-18/h6-10H,11-12H2,1-5H3,(H,26,29). The topological polar surface area (TPSA) is 92.7 Å². The first kappa shape index (κ1) is 22.4. The van der Waals surface area contributed by atoms with Gasteiger partial charge in [0.25, 0.3) is 5.56 Å². The van der Waals surface area contributed by atoms with E-state index in [2.05, 4.69) is 16.4 Å². The summed E-state index contributed by atoms with van der Waals surface area (Å²) in [5, 5.41) is 12.9. The second kappa shape index (κ2) is 9.23. The van der Waals surface area contributed by atoms with Crippen LogP contribution >= 0.6 is 11.8 Å². The average molecular weight is 436 g/mol. The number of nitrogens with one attached hydrogen (secondary N) is 1. The largest absolute Gasteiger partial charge is 0.320 e. The van der Waals surface area contributed by atoms with E-state index in [9.17, 15) is 14.9 Å². The monoisotopic (exact) mass is 435 g/mol. The van der Waals surface area contributed by atoms with Gasteiger partial charge < -0.3 is 5.32 Å². The van der Waals surface area contributed by atoms with Crippen LogP contribution in [0.2, 0.25) is 0 Å². The van der Waals surface area contributed by atoms with Crippen molar-refractivity contribution in [3.05, 3.63) is 68.8 Å². The summed E-state index contributed by atoms with van der Waals surface area (Å²) in [6, 6.07) is 11.5. The van der Waals surface area contributed by atoms with Crippen LogP contribution in [0.25, 0.3) is 5.69 Å². The molecule has 0 aliphatic rings. The van der Waals surface area contributed by atoms with Crippen molar-refractivity contribution in [2.45, 2.75) is 39.1 Å². The van der Waals surface area contributed by atoms with Crippen molar-refractivity contribution in [2.24, 2.45) is 7.05 Å². The van der Waals surface area contributed by atoms with E-state index < -0.39 is 0 Å². The molecule has 1 aromatic carbocycles. The number of thioether (sulfide) groups is 1. The fraction of sp³-hybridized carbons (Fsp3) is 0.304. The molecule has 160 valence electrons. The smallest absolute Gasteiger partial charge is 0.295 e. The van der Waals surface area contributed by atoms with Gasteiger partial charge in [0.2, 0.25) is 5.91 Å². The molecule has 0 radical (unpaired) electrons. The number of amides is 1. The molecule has 0 saturated heterocycles. The number of hydrogen-bond donors (Lipinski definition) is 1. The van der Waals surface area contributed by atoms with Crippen LogP contribution in [0.15, 0.2) is 40.2 Å². The van der Waals surface area contributed by atoms with Crippen LogP contribution in [0, 0.1) is 39.0 Å². The molecule has 3 aromatic rings. The van der Waals surface area contributed by atoms with Crippen molar-refractivity contribution in [2.75, 3.05) is 11.1 Å². The van der Waals surface area contributed by atoms with Gasteiger partial charge in [-0.15, -0.1) is 11.8 Å². The van der Waals surface area contributed by atoms with Crippen molar-refractivity contribution in [3.63, 3.8) is 0 Å². The molecule has 2 aromatic heterocycles. The van der Waals surface area contributed by atoms with Gasteiger partial charge in [0.05, 0.1) is 16.9 Å². The molecule has 0 unspecified atom stereocenters. The van der Waals surface area contributed by atoms with Crippen LogP contribution in [0.1, 0.15) is 34.5 Å². The summed E-state index contributed by atoms with van der Waals surface area (Å²) < 4.78 is 3.25. The number of benzene rings is 1. The minimum Gasteiger partial charge on any atom is -0.320 e. The lowest BCUT2D eigenvalue weighted by Crippen LogP contribution is -2.23. The number of aromatic nitrogens is 3. The Kier molecular flexibility index (Phi) is 6.66. The van der Waals surface area contributed by atoms with E-state index in [0.29, 0.717) is 22.0 Å². The zero-order chi connectivity index (χ0) is 22.7. The van der Waals surface area contributed by atoms with E-state index in [1.807, 2.05) is 51.1 Å². The molecule has 1 amide bonds. The maximum absolute atomic E-state index is 12.9. The number of nitrogens with zero attached hydrogens (tertiary/aromatic N) is 4. The predicted molar refractivity (Wildman–Crippen MR) is 123 cm³/mol. The number of carbonyl (C=O) groups excluding carboxylic acids is 1. The molecule has 3 rings (SSSR count). The predicted octanol–water partition coefficient (Wildman–Crippen LogP) is 3.80. The fourth-order valence-corrected chi connectivity index (χ4v) is 4.33. The number of aryl methyl sites for hydroxylation is 1. The minimum absolute atomic E-state index is 0.197. The van der Waals surface area contributed by atoms with Gasteiger partial charge in [0.1, 0.15) is 16.8 Å². The Labute approximate surface area is 185 Å². The van der Waals surface area contributed by atoms with E-state index in [4.69, 9.17) is 0 Å². The first-order chi connectivity index (χ1) is 14.8. The van der Waals surface area contributed by atoms with Crippen molar-refractivity contribution in [1.29, 1.82) is 5.26 Å². The zero-order valence-corrected chi connectivity index (χ0v) is 19.1. The molecular formula is C23H25N5O2S. The molecule has 1 N–H and O–H groups in total. The summed E-state index contributed by atoms with van der Waals surface area (Å²) >= 11 is 1.38. The third-order valence-corrected chi connectivity index (χ3v) is 6.44. The van der Waals surface area contributed by atoms with Crippen molar-refractivity contribution in [1.82, 2.24) is 14.3 Å². The molecule has 0 saturated carbocycles. The molecule has 0 aliphatic carbocycles. The van der Waals surface area contributed by atoms with Crippen molar-refractivity contribution >= 4 is 23.4 Å². The normalized spacial score (nSPS) is 10.7. The van der Waals surface area contributed by atoms with Gasteiger partial charge in [-0.25, -0.2) is 9.67 Å². The Hall–Kier alpha value is -3.31. The van der Waals surface area contributed by atoms with Crippen LogP contribution in [0.5, 0.6) is 0 Å². The quantitative estimate of drug-likeness (QED) is 0.595. The number of hydrogen-bond acceptors (Lipinski definition) is 5. The van der Waals surface area contributed by atoms with Gasteiger partial charge in [0, 0.05) is 24.9 Å². The molecule has 31 heavy (non-hydrogen) atoms. The maximum atomic E-state index is 12.9. The number of carbonyl (C=O) groups is 1. The van der Waals surface area contributed by atoms with Gasteiger partial charge in [-0.3, -0.25) is 14.3 Å². The first-order valence-corrected chi connectivity index (χ1v) is 10.9. The summed E-state index contributed by atoms with van der Waals surface area (Å²) in [5.41, 5.74) is 4.77. The lowest BCUT2D eigenvalue weighted by Gasteiger charge is -2.11. The second-order valence-electron chi connectivity index (χ2n) is 7.32. The van der Waals surface area contributed by atoms with E-state index in [0.717, 1.165) is 22.5 Å². The highest BCUT2D eigenvalue weighted by atomic mass is 32.2. The van der Waals surface area contributed by atoms with Crippen LogP contribution in [0.4, 0.5) is 5.69 Å². The molecule has 0 atom stereocenters. The van der Waals surface area contributed by atoms with E-state index >= 15 is 0 Å². The van der Waals surface area contributed by atoms with E-state index in [1.54, 1.807) is 18.7 Å². The Bertz CT molecular complexity index is 1240. The molecule has 2 heterocycles. The molecule has 7 nitrogen and oxygen atoms in total. The summed E-state index contributed by atoms with van der Waals surface area (Å²) in [6.45, 7) is 7.57. The van der Waals surface area contributed by atoms with Crippen molar-refractivity contribution in [3.8, 4) is 11.8 Å². The molecule has 0 spiro atoms. The minimum atomic E-state index is -0.273. The van der Waals surface area contributed by atoms with Gasteiger partial charge >= 0.3 is 0 Å². The summed E-state index contributed by atoms with van der Waals surface area (Å²) in [4.78, 5) is 30.0. The Morgan fingerprint density at radius 1 is 1.16 bits per heavy atom. The van der Waals surface area contributed by atoms with Gasteiger partial charge in [-0.05, 0) is 51.0 Å². The summed E-state index contributed by atoms with van der Waals surface area (Å²) in [6.07, 6.45) is 0.197. The average Bonchev–Trinajstić information content (AvgIpc) is 2.96. The SMILES string of the molecule is Cc1nc(SCCC(=O)Nc2c(C)n(C)n(-c3ccccc3)c2=O)c(C#N)c(C)c1C. The Morgan fingerprint density at radius 2 is 1.84 bits per heavy atom. The maximum Gasteiger partial charge on any atom is 0.295 e. The number of pyridine rings is 1. The van der Waals surface area contributed by atoms with E-state index in [-0.39, 0.29) is 23.6 Å². The third-order valence-electron chi connectivity index (χ3n) is 5.46. The van der Waals surface area contributed by atoms with Crippen LogP contribution in [-0.4, -0.2) is 26.0 Å². The Morgan fingerprint density at radius 3 is 2.48 bits per heavy atom. The van der Waals surface area contributed by atoms with Crippen LogP contribution in [-0.2, 0) is 11.8 Å². The highest BCUT2D eigenvalue weighted by molar-refractivity contribution is 7.99. The molecular weight excluding hydrogens is 410 g/mol. The lowest BCUT2D eigenvalue weighted by atomic mass is 10.1. The van der Waals surface area contributed by atoms with Gasteiger partial charge in [-0.2, -0.15) is 5.26 Å². The lowest BCUT2D eigenvalue weighted by molar-refractivity contribution is -0.115. The highest BCUT2D eigenvalue weighted by Crippen LogP contribution is 2.27. The fourth-order valence-electron chi connectivity index (χ4n) is 3.30. The Balaban J connectivity index is 1.72. The second-order valence-corrected chi connectivity index (χ2v) is 8.41. The molecule has 0 aliphatic heterocycles. The van der Waals surface area contributed by atoms with Gasteiger partial charge in [-0.1, -0.05) is 18.2 Å². The summed E-state index contributed by atoms with van der Waals surface area (Å²) in [5.74, 6) is 0.200.